The van der Waals surface area contributed by atoms with Gasteiger partial charge in [-0.1, -0.05) is 49.4 Å². The average molecular weight is 648 g/mol. The van der Waals surface area contributed by atoms with Crippen LogP contribution in [0.4, 0.5) is 0 Å². The molecule has 1 aromatic heterocycles. The van der Waals surface area contributed by atoms with Crippen LogP contribution in [-0.4, -0.2) is 23.8 Å². The molecule has 194 valence electrons. The molecule has 0 N–H and O–H groups in total. The summed E-state index contributed by atoms with van der Waals surface area (Å²) >= 11 is 8.42. The Morgan fingerprint density at radius 3 is 2.35 bits per heavy atom. The first-order valence-electron chi connectivity index (χ1n) is 12.1. The van der Waals surface area contributed by atoms with E-state index < -0.39 is 12.0 Å². The molecule has 1 atom stereocenters. The van der Waals surface area contributed by atoms with E-state index >= 15 is 0 Å². The summed E-state index contributed by atoms with van der Waals surface area (Å²) in [6.45, 7) is 10.5. The van der Waals surface area contributed by atoms with Gasteiger partial charge in [0.1, 0.15) is 5.75 Å². The summed E-state index contributed by atoms with van der Waals surface area (Å²) in [5.74, 6) is 0.613. The average Bonchev–Trinajstić information content (AvgIpc) is 3.15. The van der Waals surface area contributed by atoms with Gasteiger partial charge in [-0.25, -0.2) is 9.79 Å². The standard InChI is InChI=1S/C28H28Br2N2O4S/c1-6-35-25-20(29)12-17(13-21(25)30)14-22-26(33)32-24(19-10-8-18(9-11-19)15(3)4)23(27(34)36-7-2)16(5)31-28(32)37-22/h8-15,24H,6-7H2,1-5H3/b22-14-/t24-/m0/s1. The minimum Gasteiger partial charge on any atom is -0.492 e. The Hall–Kier alpha value is -2.49. The van der Waals surface area contributed by atoms with Crippen LogP contribution in [-0.2, 0) is 9.53 Å². The lowest BCUT2D eigenvalue weighted by molar-refractivity contribution is -0.139. The van der Waals surface area contributed by atoms with Gasteiger partial charge in [-0.15, -0.1) is 0 Å². The lowest BCUT2D eigenvalue weighted by Gasteiger charge is -2.25. The monoisotopic (exact) mass is 646 g/mol. The number of rotatable bonds is 7. The maximum Gasteiger partial charge on any atom is 0.338 e. The number of ether oxygens (including phenoxy) is 2. The van der Waals surface area contributed by atoms with E-state index in [0.717, 1.165) is 20.1 Å². The van der Waals surface area contributed by atoms with Crippen molar-refractivity contribution < 1.29 is 14.3 Å². The highest BCUT2D eigenvalue weighted by Gasteiger charge is 2.33. The van der Waals surface area contributed by atoms with Gasteiger partial charge in [-0.2, -0.15) is 0 Å². The topological polar surface area (TPSA) is 69.9 Å². The maximum absolute atomic E-state index is 13.8. The molecule has 0 radical (unpaired) electrons. The Kier molecular flexibility index (Phi) is 8.56. The first-order valence-corrected chi connectivity index (χ1v) is 14.5. The molecule has 0 unspecified atom stereocenters. The summed E-state index contributed by atoms with van der Waals surface area (Å²) in [6, 6.07) is 11.2. The van der Waals surface area contributed by atoms with Gasteiger partial charge < -0.3 is 9.47 Å². The normalized spacial score (nSPS) is 15.6. The molecule has 1 aliphatic rings. The minimum atomic E-state index is -0.627. The van der Waals surface area contributed by atoms with Crippen molar-refractivity contribution in [2.75, 3.05) is 13.2 Å². The molecule has 0 aliphatic carbocycles. The van der Waals surface area contributed by atoms with Gasteiger partial charge in [0.2, 0.25) is 0 Å². The third-order valence-electron chi connectivity index (χ3n) is 6.04. The number of carbonyl (C=O) groups excluding carboxylic acids is 1. The fourth-order valence-electron chi connectivity index (χ4n) is 4.27. The summed E-state index contributed by atoms with van der Waals surface area (Å²) in [5.41, 5.74) is 3.56. The summed E-state index contributed by atoms with van der Waals surface area (Å²) in [6.07, 6.45) is 1.83. The first-order chi connectivity index (χ1) is 17.7. The number of carbonyl (C=O) groups is 1. The van der Waals surface area contributed by atoms with Crippen molar-refractivity contribution in [2.24, 2.45) is 4.99 Å². The van der Waals surface area contributed by atoms with Crippen LogP contribution in [0.2, 0.25) is 0 Å². The lowest BCUT2D eigenvalue weighted by Crippen LogP contribution is -2.39. The molecule has 37 heavy (non-hydrogen) atoms. The fourth-order valence-corrected chi connectivity index (χ4v) is 6.76. The summed E-state index contributed by atoms with van der Waals surface area (Å²) in [4.78, 5) is 32.1. The molecule has 1 aliphatic heterocycles. The number of fused-ring (bicyclic) bond motifs is 1. The van der Waals surface area contributed by atoms with Crippen molar-refractivity contribution >= 4 is 55.2 Å². The second kappa shape index (κ2) is 11.5. The molecule has 2 heterocycles. The number of allylic oxidation sites excluding steroid dienone is 1. The van der Waals surface area contributed by atoms with E-state index in [2.05, 4.69) is 50.7 Å². The molecule has 0 spiro atoms. The summed E-state index contributed by atoms with van der Waals surface area (Å²) in [7, 11) is 0. The molecule has 9 heteroatoms. The number of esters is 1. The number of hydrogen-bond donors (Lipinski definition) is 0. The first kappa shape index (κ1) is 27.5. The zero-order valence-corrected chi connectivity index (χ0v) is 25.3. The number of aromatic nitrogens is 1. The van der Waals surface area contributed by atoms with Crippen molar-refractivity contribution in [3.63, 3.8) is 0 Å². The quantitative estimate of drug-likeness (QED) is 0.302. The smallest absolute Gasteiger partial charge is 0.338 e. The van der Waals surface area contributed by atoms with Crippen LogP contribution in [0.1, 0.15) is 63.3 Å². The van der Waals surface area contributed by atoms with Crippen molar-refractivity contribution in [1.29, 1.82) is 0 Å². The van der Waals surface area contributed by atoms with Crippen molar-refractivity contribution in [2.45, 2.75) is 46.6 Å². The Labute approximate surface area is 236 Å². The van der Waals surface area contributed by atoms with Crippen LogP contribution >= 0.6 is 43.2 Å². The predicted octanol–water partition coefficient (Wildman–Crippen LogP) is 5.85. The molecular weight excluding hydrogens is 620 g/mol. The zero-order chi connectivity index (χ0) is 26.9. The Balaban J connectivity index is 1.91. The lowest BCUT2D eigenvalue weighted by atomic mass is 9.93. The predicted molar refractivity (Wildman–Crippen MR) is 154 cm³/mol. The minimum absolute atomic E-state index is 0.211. The molecule has 2 aromatic carbocycles. The van der Waals surface area contributed by atoms with E-state index in [1.54, 1.807) is 18.4 Å². The Bertz CT molecular complexity index is 1530. The van der Waals surface area contributed by atoms with Gasteiger partial charge in [0, 0.05) is 0 Å². The molecule has 0 bridgehead atoms. The van der Waals surface area contributed by atoms with E-state index in [1.807, 2.05) is 49.4 Å². The number of thiazole rings is 1. The van der Waals surface area contributed by atoms with Gasteiger partial charge in [0.25, 0.3) is 5.56 Å². The van der Waals surface area contributed by atoms with E-state index in [4.69, 9.17) is 9.47 Å². The van der Waals surface area contributed by atoms with Gasteiger partial charge in [0.05, 0.1) is 44.0 Å². The van der Waals surface area contributed by atoms with Crippen molar-refractivity contribution in [1.82, 2.24) is 4.57 Å². The van der Waals surface area contributed by atoms with E-state index in [1.165, 1.54) is 16.9 Å². The highest BCUT2D eigenvalue weighted by Crippen LogP contribution is 2.35. The summed E-state index contributed by atoms with van der Waals surface area (Å²) < 4.78 is 14.8. The van der Waals surface area contributed by atoms with Crippen molar-refractivity contribution in [3.05, 3.63) is 93.0 Å². The fraction of sp³-hybridized carbons (Fsp3) is 0.321. The molecule has 0 saturated heterocycles. The highest BCUT2D eigenvalue weighted by atomic mass is 79.9. The van der Waals surface area contributed by atoms with Gasteiger partial charge >= 0.3 is 5.97 Å². The second-order valence-corrected chi connectivity index (χ2v) is 11.6. The van der Waals surface area contributed by atoms with E-state index in [9.17, 15) is 9.59 Å². The van der Waals surface area contributed by atoms with Crippen LogP contribution in [0.3, 0.4) is 0 Å². The second-order valence-electron chi connectivity index (χ2n) is 8.87. The third-order valence-corrected chi connectivity index (χ3v) is 8.20. The van der Waals surface area contributed by atoms with E-state index in [-0.39, 0.29) is 12.2 Å². The van der Waals surface area contributed by atoms with Crippen LogP contribution < -0.4 is 19.6 Å². The van der Waals surface area contributed by atoms with Crippen LogP contribution in [0.15, 0.2) is 66.4 Å². The van der Waals surface area contributed by atoms with Gasteiger partial charge in [-0.3, -0.25) is 9.36 Å². The van der Waals surface area contributed by atoms with Gasteiger partial charge in [0.15, 0.2) is 4.80 Å². The molecule has 0 saturated carbocycles. The number of halogens is 2. The number of hydrogen-bond acceptors (Lipinski definition) is 6. The third kappa shape index (κ3) is 5.54. The van der Waals surface area contributed by atoms with E-state index in [0.29, 0.717) is 38.9 Å². The highest BCUT2D eigenvalue weighted by molar-refractivity contribution is 9.11. The largest absolute Gasteiger partial charge is 0.492 e. The molecule has 0 amide bonds. The van der Waals surface area contributed by atoms with Crippen molar-refractivity contribution in [3.8, 4) is 5.75 Å². The molecule has 3 aromatic rings. The zero-order valence-electron chi connectivity index (χ0n) is 21.3. The molecular formula is C28H28Br2N2O4S. The van der Waals surface area contributed by atoms with Crippen LogP contribution in [0.25, 0.3) is 6.08 Å². The van der Waals surface area contributed by atoms with Crippen LogP contribution in [0.5, 0.6) is 5.75 Å². The van der Waals surface area contributed by atoms with Gasteiger partial charge in [-0.05, 0) is 93.4 Å². The molecule has 0 fully saturated rings. The molecule has 6 nitrogen and oxygen atoms in total. The number of benzene rings is 2. The Morgan fingerprint density at radius 2 is 1.78 bits per heavy atom. The SMILES string of the molecule is CCOC(=O)C1=C(C)N=c2s/c(=C\c3cc(Br)c(OCC)c(Br)c3)c(=O)n2[C@H]1c1ccc(C(C)C)cc1. The maximum atomic E-state index is 13.8. The summed E-state index contributed by atoms with van der Waals surface area (Å²) in [5, 5.41) is 0. The Morgan fingerprint density at radius 1 is 1.14 bits per heavy atom. The molecule has 4 rings (SSSR count). The number of nitrogens with zero attached hydrogens (tertiary/aromatic N) is 2. The van der Waals surface area contributed by atoms with Crippen LogP contribution in [0, 0.1) is 0 Å².